The van der Waals surface area contributed by atoms with Gasteiger partial charge in [0.15, 0.2) is 0 Å². The fourth-order valence-corrected chi connectivity index (χ4v) is 3.70. The standard InChI is InChI=1S/C21H21N5O3S/c1-4-28-16-10-8-15(9-11-16)18-13-30-20(22-18)29-12-17-14(2)6-5-7-19(17)26-21(27)25(3)23-24-26/h5-11,13H,4,12H2,1-3H3. The summed E-state index contributed by atoms with van der Waals surface area (Å²) >= 11 is 1.43. The summed E-state index contributed by atoms with van der Waals surface area (Å²) in [7, 11) is 1.57. The molecule has 9 heteroatoms. The molecule has 8 nitrogen and oxygen atoms in total. The Hall–Kier alpha value is -3.46. The normalized spacial score (nSPS) is 10.9. The van der Waals surface area contributed by atoms with Gasteiger partial charge in [0.1, 0.15) is 12.4 Å². The number of aryl methyl sites for hydroxylation is 2. The zero-order chi connectivity index (χ0) is 21.1. The van der Waals surface area contributed by atoms with Crippen LogP contribution in [0.3, 0.4) is 0 Å². The van der Waals surface area contributed by atoms with E-state index in [-0.39, 0.29) is 12.3 Å². The van der Waals surface area contributed by atoms with Crippen LogP contribution in [0.4, 0.5) is 0 Å². The van der Waals surface area contributed by atoms with E-state index in [2.05, 4.69) is 15.4 Å². The first-order chi connectivity index (χ1) is 14.6. The van der Waals surface area contributed by atoms with Crippen molar-refractivity contribution in [1.29, 1.82) is 0 Å². The molecular weight excluding hydrogens is 402 g/mol. The number of hydrogen-bond acceptors (Lipinski definition) is 7. The highest BCUT2D eigenvalue weighted by Gasteiger charge is 2.14. The third-order valence-electron chi connectivity index (χ3n) is 4.62. The number of benzene rings is 2. The number of ether oxygens (including phenoxy) is 2. The number of rotatable bonds is 7. The summed E-state index contributed by atoms with van der Waals surface area (Å²) in [6.45, 7) is 4.83. The summed E-state index contributed by atoms with van der Waals surface area (Å²) in [4.78, 5) is 16.9. The largest absolute Gasteiger partial charge is 0.494 e. The molecule has 2 aromatic carbocycles. The molecule has 0 N–H and O–H groups in total. The van der Waals surface area contributed by atoms with Crippen LogP contribution >= 0.6 is 11.3 Å². The highest BCUT2D eigenvalue weighted by Crippen LogP contribution is 2.29. The Bertz CT molecular complexity index is 1210. The van der Waals surface area contributed by atoms with E-state index < -0.39 is 0 Å². The van der Waals surface area contributed by atoms with E-state index in [1.807, 2.05) is 61.7 Å². The number of nitrogens with zero attached hydrogens (tertiary/aromatic N) is 5. The third-order valence-corrected chi connectivity index (χ3v) is 5.37. The zero-order valence-electron chi connectivity index (χ0n) is 16.9. The van der Waals surface area contributed by atoms with Crippen molar-refractivity contribution in [2.75, 3.05) is 6.61 Å². The Morgan fingerprint density at radius 2 is 1.87 bits per heavy atom. The minimum atomic E-state index is -0.311. The van der Waals surface area contributed by atoms with Gasteiger partial charge in [-0.1, -0.05) is 23.5 Å². The molecule has 0 amide bonds. The summed E-state index contributed by atoms with van der Waals surface area (Å²) in [5, 5.41) is 10.2. The van der Waals surface area contributed by atoms with Crippen LogP contribution in [0.1, 0.15) is 18.1 Å². The average molecular weight is 423 g/mol. The minimum absolute atomic E-state index is 0.265. The predicted octanol–water partition coefficient (Wildman–Crippen LogP) is 3.38. The van der Waals surface area contributed by atoms with E-state index in [4.69, 9.17) is 9.47 Å². The van der Waals surface area contributed by atoms with Crippen LogP contribution in [-0.4, -0.2) is 31.4 Å². The van der Waals surface area contributed by atoms with Gasteiger partial charge < -0.3 is 9.47 Å². The molecule has 0 fully saturated rings. The first kappa shape index (κ1) is 19.8. The summed E-state index contributed by atoms with van der Waals surface area (Å²) in [5.41, 5.74) is 4.02. The van der Waals surface area contributed by atoms with Gasteiger partial charge >= 0.3 is 5.69 Å². The maximum Gasteiger partial charge on any atom is 0.368 e. The summed E-state index contributed by atoms with van der Waals surface area (Å²) in [5.74, 6) is 0.833. The summed E-state index contributed by atoms with van der Waals surface area (Å²) < 4.78 is 13.9. The Morgan fingerprint density at radius 1 is 1.07 bits per heavy atom. The number of tetrazole rings is 1. The van der Waals surface area contributed by atoms with E-state index in [9.17, 15) is 4.79 Å². The van der Waals surface area contributed by atoms with Crippen molar-refractivity contribution in [2.24, 2.45) is 7.05 Å². The molecule has 0 unspecified atom stereocenters. The fraction of sp³-hybridized carbons (Fsp3) is 0.238. The van der Waals surface area contributed by atoms with Crippen molar-refractivity contribution in [2.45, 2.75) is 20.5 Å². The molecule has 2 aromatic heterocycles. The van der Waals surface area contributed by atoms with Gasteiger partial charge in [0.05, 0.1) is 18.0 Å². The lowest BCUT2D eigenvalue weighted by Crippen LogP contribution is -2.23. The van der Waals surface area contributed by atoms with Crippen molar-refractivity contribution in [3.63, 3.8) is 0 Å². The average Bonchev–Trinajstić information content (AvgIpc) is 3.35. The summed E-state index contributed by atoms with van der Waals surface area (Å²) in [6.07, 6.45) is 0. The van der Waals surface area contributed by atoms with Gasteiger partial charge in [-0.3, -0.25) is 0 Å². The van der Waals surface area contributed by atoms with Crippen LogP contribution < -0.4 is 15.2 Å². The Balaban J connectivity index is 1.54. The van der Waals surface area contributed by atoms with Crippen LogP contribution in [0.15, 0.2) is 52.6 Å². The van der Waals surface area contributed by atoms with Crippen LogP contribution in [0, 0.1) is 6.92 Å². The molecule has 0 aliphatic carbocycles. The molecule has 154 valence electrons. The lowest BCUT2D eigenvalue weighted by atomic mass is 10.1. The molecule has 4 rings (SSSR count). The van der Waals surface area contributed by atoms with E-state index in [0.717, 1.165) is 28.1 Å². The van der Waals surface area contributed by atoms with Gasteiger partial charge in [0.2, 0.25) is 0 Å². The Morgan fingerprint density at radius 3 is 2.57 bits per heavy atom. The van der Waals surface area contributed by atoms with Crippen LogP contribution in [0.5, 0.6) is 10.9 Å². The molecule has 0 aliphatic heterocycles. The number of hydrogen-bond donors (Lipinski definition) is 0. The lowest BCUT2D eigenvalue weighted by molar-refractivity contribution is 0.303. The second-order valence-electron chi connectivity index (χ2n) is 6.61. The molecule has 0 radical (unpaired) electrons. The second kappa shape index (κ2) is 8.50. The van der Waals surface area contributed by atoms with Crippen molar-refractivity contribution in [3.05, 3.63) is 69.5 Å². The highest BCUT2D eigenvalue weighted by atomic mass is 32.1. The fourth-order valence-electron chi connectivity index (χ4n) is 3.02. The SMILES string of the molecule is CCOc1ccc(-c2csc(OCc3c(C)cccc3-n3nnn(C)c3=O)n2)cc1. The first-order valence-electron chi connectivity index (χ1n) is 9.46. The first-order valence-corrected chi connectivity index (χ1v) is 10.3. The molecule has 0 saturated heterocycles. The molecule has 0 atom stereocenters. The lowest BCUT2D eigenvalue weighted by Gasteiger charge is -2.11. The van der Waals surface area contributed by atoms with Gasteiger partial charge in [-0.15, -0.1) is 0 Å². The molecule has 4 aromatic rings. The predicted molar refractivity (Wildman–Crippen MR) is 114 cm³/mol. The van der Waals surface area contributed by atoms with Crippen LogP contribution in [0.2, 0.25) is 0 Å². The molecule has 0 saturated carbocycles. The maximum atomic E-state index is 12.3. The van der Waals surface area contributed by atoms with Gasteiger partial charge in [0.25, 0.3) is 5.19 Å². The topological polar surface area (TPSA) is 84.1 Å². The Kier molecular flexibility index (Phi) is 5.62. The maximum absolute atomic E-state index is 12.3. The number of aromatic nitrogens is 5. The monoisotopic (exact) mass is 423 g/mol. The molecule has 0 spiro atoms. The van der Waals surface area contributed by atoms with Crippen molar-refractivity contribution in [1.82, 2.24) is 24.8 Å². The van der Waals surface area contributed by atoms with Crippen molar-refractivity contribution in [3.8, 4) is 27.9 Å². The highest BCUT2D eigenvalue weighted by molar-refractivity contribution is 7.11. The minimum Gasteiger partial charge on any atom is -0.494 e. The molecular formula is C21H21N5O3S. The van der Waals surface area contributed by atoms with E-state index in [1.165, 1.54) is 20.7 Å². The van der Waals surface area contributed by atoms with Crippen molar-refractivity contribution >= 4 is 11.3 Å². The van der Waals surface area contributed by atoms with Crippen LogP contribution in [0.25, 0.3) is 16.9 Å². The smallest absolute Gasteiger partial charge is 0.368 e. The quantitative estimate of drug-likeness (QED) is 0.453. The molecule has 0 aliphatic rings. The molecule has 30 heavy (non-hydrogen) atoms. The van der Waals surface area contributed by atoms with Crippen LogP contribution in [-0.2, 0) is 13.7 Å². The van der Waals surface area contributed by atoms with Crippen molar-refractivity contribution < 1.29 is 9.47 Å². The third kappa shape index (κ3) is 3.97. The van der Waals surface area contributed by atoms with E-state index in [0.29, 0.717) is 17.5 Å². The zero-order valence-corrected chi connectivity index (χ0v) is 17.7. The van der Waals surface area contributed by atoms with E-state index >= 15 is 0 Å². The number of thiazole rings is 1. The van der Waals surface area contributed by atoms with Gasteiger partial charge in [-0.25, -0.2) is 9.78 Å². The van der Waals surface area contributed by atoms with E-state index in [1.54, 1.807) is 7.05 Å². The second-order valence-corrected chi connectivity index (χ2v) is 7.43. The van der Waals surface area contributed by atoms with Gasteiger partial charge in [-0.05, 0) is 60.2 Å². The molecule has 0 bridgehead atoms. The van der Waals surface area contributed by atoms with Gasteiger partial charge in [0, 0.05) is 23.6 Å². The summed E-state index contributed by atoms with van der Waals surface area (Å²) in [6, 6.07) is 13.5. The molecule has 2 heterocycles. The van der Waals surface area contributed by atoms with Gasteiger partial charge in [-0.2, -0.15) is 9.36 Å². The Labute approximate surface area is 177 Å².